The lowest BCUT2D eigenvalue weighted by Gasteiger charge is -2.14. The fraction of sp³-hybridized carbons (Fsp3) is 0.357. The second-order valence-electron chi connectivity index (χ2n) is 4.88. The van der Waals surface area contributed by atoms with Gasteiger partial charge < -0.3 is 25.4 Å². The molecular weight excluding hydrogens is 351 g/mol. The molecule has 1 saturated heterocycles. The number of carboxylic acid groups (broad SMARTS) is 3. The van der Waals surface area contributed by atoms with Gasteiger partial charge in [-0.3, -0.25) is 4.79 Å². The van der Waals surface area contributed by atoms with Gasteiger partial charge in [-0.15, -0.1) is 0 Å². The lowest BCUT2D eigenvalue weighted by molar-refractivity contribution is -0.192. The lowest BCUT2D eigenvalue weighted by atomic mass is 10.2. The summed E-state index contributed by atoms with van der Waals surface area (Å²) in [4.78, 5) is 30.6. The highest BCUT2D eigenvalue weighted by Gasteiger charge is 2.38. The molecule has 1 heterocycles. The molecule has 4 N–H and O–H groups in total. The molecule has 1 aromatic carbocycles. The predicted octanol–water partition coefficient (Wildman–Crippen LogP) is 1.21. The molecule has 1 fully saturated rings. The number of rotatable bonds is 4. The van der Waals surface area contributed by atoms with E-state index >= 15 is 0 Å². The number of halogens is 3. The third-order valence-corrected chi connectivity index (χ3v) is 3.04. The molecule has 0 aliphatic carbocycles. The zero-order valence-electron chi connectivity index (χ0n) is 12.5. The quantitative estimate of drug-likeness (QED) is 0.626. The summed E-state index contributed by atoms with van der Waals surface area (Å²) in [5.74, 6) is -4.48. The average molecular weight is 365 g/mol. The number of hydrogen-bond acceptors (Lipinski definition) is 5. The van der Waals surface area contributed by atoms with E-state index in [1.165, 1.54) is 6.07 Å². The standard InChI is InChI=1S/C12H13NO5.C2HF3O2/c14-11(15)8-3-1-2-4-10(8)18-7-5-9(12(16)17)13-6-7;3-2(4,5)1(6)7/h1-4,7,9,13H,5-6H2,(H,14,15)(H,16,17);(H,6,7)/t7-,9-;/m0./s1. The fourth-order valence-electron chi connectivity index (χ4n) is 1.91. The van der Waals surface area contributed by atoms with E-state index in [2.05, 4.69) is 5.32 Å². The molecule has 0 aromatic heterocycles. The van der Waals surface area contributed by atoms with Gasteiger partial charge in [0.05, 0.1) is 0 Å². The number of para-hydroxylation sites is 1. The van der Waals surface area contributed by atoms with E-state index in [1.807, 2.05) is 0 Å². The van der Waals surface area contributed by atoms with Crippen LogP contribution in [0.15, 0.2) is 24.3 Å². The van der Waals surface area contributed by atoms with Crippen molar-refractivity contribution in [3.63, 3.8) is 0 Å². The van der Waals surface area contributed by atoms with Crippen LogP contribution in [0.5, 0.6) is 5.75 Å². The Morgan fingerprint density at radius 2 is 1.68 bits per heavy atom. The van der Waals surface area contributed by atoms with Crippen molar-refractivity contribution < 1.29 is 47.6 Å². The molecule has 1 aromatic rings. The lowest BCUT2D eigenvalue weighted by Crippen LogP contribution is -2.30. The smallest absolute Gasteiger partial charge is 0.488 e. The van der Waals surface area contributed by atoms with E-state index in [9.17, 15) is 22.8 Å². The van der Waals surface area contributed by atoms with Crippen LogP contribution >= 0.6 is 0 Å². The van der Waals surface area contributed by atoms with Crippen LogP contribution in [0.1, 0.15) is 16.8 Å². The second-order valence-corrected chi connectivity index (χ2v) is 4.88. The minimum atomic E-state index is -5.08. The van der Waals surface area contributed by atoms with Crippen LogP contribution in [0.3, 0.4) is 0 Å². The van der Waals surface area contributed by atoms with Gasteiger partial charge in [0.2, 0.25) is 0 Å². The minimum Gasteiger partial charge on any atom is -0.488 e. The van der Waals surface area contributed by atoms with Crippen molar-refractivity contribution in [1.82, 2.24) is 5.32 Å². The molecule has 0 amide bonds. The van der Waals surface area contributed by atoms with Crippen LogP contribution in [0.4, 0.5) is 13.2 Å². The fourth-order valence-corrected chi connectivity index (χ4v) is 1.91. The number of aromatic carboxylic acids is 1. The van der Waals surface area contributed by atoms with Crippen molar-refractivity contribution in [3.8, 4) is 5.75 Å². The van der Waals surface area contributed by atoms with Crippen molar-refractivity contribution in [3.05, 3.63) is 29.8 Å². The Bertz CT molecular complexity index is 648. The van der Waals surface area contributed by atoms with Crippen molar-refractivity contribution in [1.29, 1.82) is 0 Å². The van der Waals surface area contributed by atoms with E-state index in [0.717, 1.165) is 0 Å². The highest BCUT2D eigenvalue weighted by atomic mass is 19.4. The minimum absolute atomic E-state index is 0.0799. The molecule has 8 nitrogen and oxygen atoms in total. The summed E-state index contributed by atoms with van der Waals surface area (Å²) in [5, 5.41) is 27.7. The average Bonchev–Trinajstić information content (AvgIpc) is 2.96. The molecule has 0 spiro atoms. The molecule has 138 valence electrons. The molecule has 2 atom stereocenters. The summed E-state index contributed by atoms with van der Waals surface area (Å²) in [6.45, 7) is 0.394. The molecule has 11 heteroatoms. The number of benzene rings is 1. The van der Waals surface area contributed by atoms with Gasteiger partial charge in [0.25, 0.3) is 0 Å². The Morgan fingerprint density at radius 1 is 1.12 bits per heavy atom. The number of carboxylic acids is 3. The Labute approximate surface area is 138 Å². The number of ether oxygens (including phenoxy) is 1. The van der Waals surface area contributed by atoms with Crippen molar-refractivity contribution in [2.24, 2.45) is 0 Å². The van der Waals surface area contributed by atoms with Gasteiger partial charge in [0, 0.05) is 13.0 Å². The molecule has 0 saturated carbocycles. The monoisotopic (exact) mass is 365 g/mol. The van der Waals surface area contributed by atoms with Crippen LogP contribution in [0.25, 0.3) is 0 Å². The summed E-state index contributed by atoms with van der Waals surface area (Å²) in [7, 11) is 0. The number of aliphatic carboxylic acids is 2. The first-order valence-corrected chi connectivity index (χ1v) is 6.77. The molecule has 0 unspecified atom stereocenters. The molecule has 1 aliphatic rings. The third kappa shape index (κ3) is 6.30. The summed E-state index contributed by atoms with van der Waals surface area (Å²) < 4.78 is 37.3. The summed E-state index contributed by atoms with van der Waals surface area (Å²) in [5.41, 5.74) is 0.0799. The van der Waals surface area contributed by atoms with Gasteiger partial charge in [-0.1, -0.05) is 12.1 Å². The van der Waals surface area contributed by atoms with E-state index in [0.29, 0.717) is 13.0 Å². The number of alkyl halides is 3. The molecule has 1 aliphatic heterocycles. The molecule has 25 heavy (non-hydrogen) atoms. The third-order valence-electron chi connectivity index (χ3n) is 3.04. The molecule has 2 rings (SSSR count). The topological polar surface area (TPSA) is 133 Å². The maximum atomic E-state index is 11.0. The van der Waals surface area contributed by atoms with Crippen LogP contribution in [0, 0.1) is 0 Å². The maximum Gasteiger partial charge on any atom is 0.490 e. The van der Waals surface area contributed by atoms with Crippen LogP contribution < -0.4 is 10.1 Å². The summed E-state index contributed by atoms with van der Waals surface area (Å²) >= 11 is 0. The first-order valence-electron chi connectivity index (χ1n) is 6.77. The molecular formula is C14H14F3NO7. The van der Waals surface area contributed by atoms with E-state index in [1.54, 1.807) is 18.2 Å². The number of carbonyl (C=O) groups is 3. The Kier molecular flexibility index (Phi) is 6.74. The van der Waals surface area contributed by atoms with Crippen LogP contribution in [-0.2, 0) is 9.59 Å². The van der Waals surface area contributed by atoms with Crippen LogP contribution in [0.2, 0.25) is 0 Å². The number of nitrogens with one attached hydrogen (secondary N) is 1. The largest absolute Gasteiger partial charge is 0.490 e. The summed E-state index contributed by atoms with van der Waals surface area (Å²) in [6, 6.07) is 5.68. The zero-order chi connectivity index (χ0) is 19.2. The first kappa shape index (κ1) is 20.2. The number of hydrogen-bond donors (Lipinski definition) is 4. The van der Waals surface area contributed by atoms with Gasteiger partial charge in [-0.2, -0.15) is 13.2 Å². The summed E-state index contributed by atoms with van der Waals surface area (Å²) in [6.07, 6.45) is -5.09. The van der Waals surface area contributed by atoms with E-state index < -0.39 is 30.1 Å². The predicted molar refractivity (Wildman–Crippen MR) is 75.6 cm³/mol. The molecule has 0 radical (unpaired) electrons. The van der Waals surface area contributed by atoms with Crippen molar-refractivity contribution in [2.75, 3.05) is 6.54 Å². The van der Waals surface area contributed by atoms with Crippen molar-refractivity contribution >= 4 is 17.9 Å². The Morgan fingerprint density at radius 3 is 2.12 bits per heavy atom. The first-order chi connectivity index (χ1) is 11.5. The van der Waals surface area contributed by atoms with E-state index in [-0.39, 0.29) is 17.4 Å². The normalized spacial score (nSPS) is 19.5. The van der Waals surface area contributed by atoms with Crippen LogP contribution in [-0.4, -0.2) is 58.1 Å². The molecule has 0 bridgehead atoms. The maximum absolute atomic E-state index is 11.0. The van der Waals surface area contributed by atoms with Gasteiger partial charge in [-0.25, -0.2) is 9.59 Å². The Balaban J connectivity index is 0.000000381. The Hall–Kier alpha value is -2.82. The highest BCUT2D eigenvalue weighted by molar-refractivity contribution is 5.90. The SMILES string of the molecule is O=C(O)C(F)(F)F.O=C(O)c1ccccc1O[C@@H]1CN[C@H](C(=O)O)C1. The van der Waals surface area contributed by atoms with Gasteiger partial charge in [-0.05, 0) is 12.1 Å². The second kappa shape index (κ2) is 8.33. The van der Waals surface area contributed by atoms with E-state index in [4.69, 9.17) is 24.9 Å². The van der Waals surface area contributed by atoms with Gasteiger partial charge in [0.1, 0.15) is 23.5 Å². The van der Waals surface area contributed by atoms with Crippen molar-refractivity contribution in [2.45, 2.75) is 24.7 Å². The zero-order valence-corrected chi connectivity index (χ0v) is 12.5. The highest BCUT2D eigenvalue weighted by Crippen LogP contribution is 2.22. The van der Waals surface area contributed by atoms with Gasteiger partial charge >= 0.3 is 24.1 Å². The van der Waals surface area contributed by atoms with Gasteiger partial charge in [0.15, 0.2) is 0 Å².